The van der Waals surface area contributed by atoms with Crippen LogP contribution in [0.3, 0.4) is 0 Å². The summed E-state index contributed by atoms with van der Waals surface area (Å²) in [6, 6.07) is 14.4. The zero-order valence-corrected chi connectivity index (χ0v) is 18.0. The van der Waals surface area contributed by atoms with Crippen LogP contribution in [-0.4, -0.2) is 10.9 Å². The lowest BCUT2D eigenvalue weighted by molar-refractivity contribution is -0.137. The fraction of sp³-hybridized carbons (Fsp3) is 0.250. The molecule has 8 heteroatoms. The number of carbonyl (C=O) groups excluding carboxylic acids is 1. The Morgan fingerprint density at radius 1 is 1.12 bits per heavy atom. The van der Waals surface area contributed by atoms with Crippen molar-refractivity contribution in [2.75, 3.05) is 0 Å². The molecule has 0 radical (unpaired) electrons. The number of amides is 1. The van der Waals surface area contributed by atoms with Gasteiger partial charge in [-0.25, -0.2) is 0 Å². The van der Waals surface area contributed by atoms with Crippen molar-refractivity contribution >= 4 is 17.5 Å². The first-order valence-electron chi connectivity index (χ1n) is 10.1. The van der Waals surface area contributed by atoms with Crippen molar-refractivity contribution in [1.29, 1.82) is 0 Å². The summed E-state index contributed by atoms with van der Waals surface area (Å²) in [5.41, 5.74) is 7.50. The summed E-state index contributed by atoms with van der Waals surface area (Å²) < 4.78 is 39.2. The molecule has 1 amide bonds. The number of nitrogens with one attached hydrogen (secondary N) is 1. The SMILES string of the molecule is CC(N)c1cc(C(F)(F)F)cnc1-c1ccc(C2(NC(=O)c3ccc(Cl)cc3)CC2)cc1. The van der Waals surface area contributed by atoms with Crippen molar-refractivity contribution in [3.8, 4) is 11.3 Å². The van der Waals surface area contributed by atoms with E-state index in [-0.39, 0.29) is 5.91 Å². The summed E-state index contributed by atoms with van der Waals surface area (Å²) in [6.07, 6.45) is -2.06. The van der Waals surface area contributed by atoms with E-state index in [0.29, 0.717) is 27.4 Å². The topological polar surface area (TPSA) is 68.0 Å². The molecule has 1 unspecified atom stereocenters. The average molecular weight is 460 g/mol. The molecular weight excluding hydrogens is 439 g/mol. The Bertz CT molecular complexity index is 1140. The number of nitrogens with two attached hydrogens (primary N) is 1. The zero-order valence-electron chi connectivity index (χ0n) is 17.2. The molecule has 2 aromatic carbocycles. The first kappa shape index (κ1) is 22.3. The first-order valence-corrected chi connectivity index (χ1v) is 10.5. The maximum Gasteiger partial charge on any atom is 0.417 e. The number of nitrogens with zero attached hydrogens (tertiary/aromatic N) is 1. The Balaban J connectivity index is 1.58. The number of benzene rings is 2. The fourth-order valence-corrected chi connectivity index (χ4v) is 3.80. The number of alkyl halides is 3. The van der Waals surface area contributed by atoms with Crippen LogP contribution in [0.4, 0.5) is 13.2 Å². The minimum atomic E-state index is -4.49. The third-order valence-electron chi connectivity index (χ3n) is 5.66. The summed E-state index contributed by atoms with van der Waals surface area (Å²) >= 11 is 5.88. The van der Waals surface area contributed by atoms with Gasteiger partial charge >= 0.3 is 6.18 Å². The largest absolute Gasteiger partial charge is 0.417 e. The number of pyridine rings is 1. The Hall–Kier alpha value is -2.90. The second kappa shape index (κ2) is 8.22. The van der Waals surface area contributed by atoms with Gasteiger partial charge < -0.3 is 11.1 Å². The maximum absolute atomic E-state index is 13.1. The standard InChI is InChI=1S/C24H21ClF3N3O/c1-14(29)20-12-18(24(26,27)28)13-30-21(20)15-2-6-17(7-3-15)23(10-11-23)31-22(32)16-4-8-19(25)9-5-16/h2-9,12-14H,10-11,29H2,1H3,(H,31,32). The number of aromatic nitrogens is 1. The summed E-state index contributed by atoms with van der Waals surface area (Å²) in [5, 5.41) is 3.65. The predicted octanol–water partition coefficient (Wildman–Crippen LogP) is 5.86. The molecule has 3 N–H and O–H groups in total. The van der Waals surface area contributed by atoms with Crippen LogP contribution in [0.15, 0.2) is 60.8 Å². The van der Waals surface area contributed by atoms with E-state index in [2.05, 4.69) is 10.3 Å². The normalized spacial score (nSPS) is 15.8. The van der Waals surface area contributed by atoms with Gasteiger partial charge in [0.05, 0.1) is 16.8 Å². The molecule has 1 saturated carbocycles. The molecule has 1 aliphatic carbocycles. The lowest BCUT2D eigenvalue weighted by atomic mass is 9.96. The van der Waals surface area contributed by atoms with E-state index >= 15 is 0 Å². The van der Waals surface area contributed by atoms with Crippen LogP contribution in [0, 0.1) is 0 Å². The van der Waals surface area contributed by atoms with Gasteiger partial charge in [0.1, 0.15) is 0 Å². The number of carbonyl (C=O) groups is 1. The maximum atomic E-state index is 13.1. The summed E-state index contributed by atoms with van der Waals surface area (Å²) in [6.45, 7) is 1.63. The molecule has 166 valence electrons. The van der Waals surface area contributed by atoms with Gasteiger partial charge in [-0.3, -0.25) is 9.78 Å². The van der Waals surface area contributed by atoms with Gasteiger partial charge in [-0.05, 0) is 61.2 Å². The molecule has 1 aromatic heterocycles. The summed E-state index contributed by atoms with van der Waals surface area (Å²) in [4.78, 5) is 16.7. The molecule has 1 heterocycles. The third-order valence-corrected chi connectivity index (χ3v) is 5.91. The number of rotatable bonds is 5. The predicted molar refractivity (Wildman–Crippen MR) is 117 cm³/mol. The average Bonchev–Trinajstić information content (AvgIpc) is 3.53. The lowest BCUT2D eigenvalue weighted by Crippen LogP contribution is -2.34. The Morgan fingerprint density at radius 2 is 1.75 bits per heavy atom. The van der Waals surface area contributed by atoms with E-state index in [1.165, 1.54) is 0 Å². The molecule has 4 nitrogen and oxygen atoms in total. The molecule has 1 aliphatic rings. The van der Waals surface area contributed by atoms with Crippen LogP contribution in [0.25, 0.3) is 11.3 Å². The fourth-order valence-electron chi connectivity index (χ4n) is 3.67. The Labute approximate surface area is 188 Å². The minimum Gasteiger partial charge on any atom is -0.343 e. The second-order valence-corrected chi connectivity index (χ2v) is 8.51. The number of halogens is 4. The van der Waals surface area contributed by atoms with Crippen molar-refractivity contribution in [3.05, 3.63) is 88.1 Å². The lowest BCUT2D eigenvalue weighted by Gasteiger charge is -2.19. The van der Waals surface area contributed by atoms with Crippen LogP contribution in [0.5, 0.6) is 0 Å². The highest BCUT2D eigenvalue weighted by molar-refractivity contribution is 6.30. The van der Waals surface area contributed by atoms with Gasteiger partial charge in [-0.1, -0.05) is 35.9 Å². The quantitative estimate of drug-likeness (QED) is 0.502. The Kier molecular flexibility index (Phi) is 5.73. The highest BCUT2D eigenvalue weighted by Crippen LogP contribution is 2.46. The van der Waals surface area contributed by atoms with Gasteiger partial charge in [0.25, 0.3) is 5.91 Å². The van der Waals surface area contributed by atoms with Crippen LogP contribution in [0.2, 0.25) is 5.02 Å². The van der Waals surface area contributed by atoms with Crippen molar-refractivity contribution < 1.29 is 18.0 Å². The summed E-state index contributed by atoms with van der Waals surface area (Å²) in [5.74, 6) is -0.188. The molecule has 32 heavy (non-hydrogen) atoms. The first-order chi connectivity index (χ1) is 15.1. The number of hydrogen-bond acceptors (Lipinski definition) is 3. The van der Waals surface area contributed by atoms with Crippen LogP contribution < -0.4 is 11.1 Å². The zero-order chi connectivity index (χ0) is 23.1. The van der Waals surface area contributed by atoms with Crippen LogP contribution >= 0.6 is 11.6 Å². The molecule has 3 aromatic rings. The molecule has 0 aliphatic heterocycles. The highest BCUT2D eigenvalue weighted by atomic mass is 35.5. The van der Waals surface area contributed by atoms with Crippen molar-refractivity contribution in [2.24, 2.45) is 5.73 Å². The molecule has 1 atom stereocenters. The van der Waals surface area contributed by atoms with E-state index in [0.717, 1.165) is 30.7 Å². The molecule has 0 bridgehead atoms. The summed E-state index contributed by atoms with van der Waals surface area (Å²) in [7, 11) is 0. The highest BCUT2D eigenvalue weighted by Gasteiger charge is 2.45. The Morgan fingerprint density at radius 3 is 2.28 bits per heavy atom. The van der Waals surface area contributed by atoms with Gasteiger partial charge in [0.15, 0.2) is 0 Å². The van der Waals surface area contributed by atoms with Crippen LogP contribution in [0.1, 0.15) is 52.9 Å². The van der Waals surface area contributed by atoms with E-state index < -0.39 is 23.3 Å². The van der Waals surface area contributed by atoms with Crippen LogP contribution in [-0.2, 0) is 11.7 Å². The van der Waals surface area contributed by atoms with E-state index in [1.54, 1.807) is 43.3 Å². The monoisotopic (exact) mass is 459 g/mol. The van der Waals surface area contributed by atoms with Crippen molar-refractivity contribution in [3.63, 3.8) is 0 Å². The molecule has 0 spiro atoms. The van der Waals surface area contributed by atoms with Gasteiger partial charge in [0.2, 0.25) is 0 Å². The molecule has 0 saturated heterocycles. The molecular formula is C24H21ClF3N3O. The molecule has 1 fully saturated rings. The van der Waals surface area contributed by atoms with E-state index in [9.17, 15) is 18.0 Å². The van der Waals surface area contributed by atoms with Crippen molar-refractivity contribution in [1.82, 2.24) is 10.3 Å². The van der Waals surface area contributed by atoms with E-state index in [4.69, 9.17) is 17.3 Å². The third kappa shape index (κ3) is 4.49. The van der Waals surface area contributed by atoms with Gasteiger partial charge in [-0.2, -0.15) is 13.2 Å². The second-order valence-electron chi connectivity index (χ2n) is 8.07. The minimum absolute atomic E-state index is 0.188. The van der Waals surface area contributed by atoms with Gasteiger partial charge in [-0.15, -0.1) is 0 Å². The smallest absolute Gasteiger partial charge is 0.343 e. The number of hydrogen-bond donors (Lipinski definition) is 2. The molecule has 4 rings (SSSR count). The van der Waals surface area contributed by atoms with Crippen molar-refractivity contribution in [2.45, 2.75) is 37.5 Å². The van der Waals surface area contributed by atoms with E-state index in [1.807, 2.05) is 12.1 Å². The van der Waals surface area contributed by atoms with Gasteiger partial charge in [0, 0.05) is 28.4 Å².